The molecule has 0 radical (unpaired) electrons. The number of hydrogen-bond donors (Lipinski definition) is 0. The lowest BCUT2D eigenvalue weighted by molar-refractivity contribution is -0.138. The van der Waals surface area contributed by atoms with Gasteiger partial charge in [0.05, 0.1) is 13.0 Å². The number of aromatic nitrogens is 1. The van der Waals surface area contributed by atoms with E-state index in [1.54, 1.807) is 13.2 Å². The van der Waals surface area contributed by atoms with Crippen LogP contribution in [0.2, 0.25) is 0 Å². The third-order valence-corrected chi connectivity index (χ3v) is 7.20. The number of hydrogen-bond acceptors (Lipinski definition) is 4. The highest BCUT2D eigenvalue weighted by atomic mass is 16.5. The second-order valence-corrected chi connectivity index (χ2v) is 9.24. The SMILES string of the molecule is COc1ccccc1CCN1C[C@H](C(=O)N2C[C@@H]3C[C@H](C2)c2cccc(=O)n2C3)CC1=O. The summed E-state index contributed by atoms with van der Waals surface area (Å²) in [4.78, 5) is 42.0. The Bertz CT molecular complexity index is 1090. The maximum atomic E-state index is 13.3. The molecule has 3 aliphatic heterocycles. The molecular formula is C25H29N3O4. The van der Waals surface area contributed by atoms with E-state index >= 15 is 0 Å². The van der Waals surface area contributed by atoms with Gasteiger partial charge in [-0.05, 0) is 36.5 Å². The topological polar surface area (TPSA) is 71.8 Å². The number of amides is 2. The van der Waals surface area contributed by atoms with Crippen molar-refractivity contribution < 1.29 is 14.3 Å². The Labute approximate surface area is 187 Å². The van der Waals surface area contributed by atoms with Gasteiger partial charge in [0.1, 0.15) is 5.75 Å². The van der Waals surface area contributed by atoms with E-state index < -0.39 is 0 Å². The number of likely N-dealkylation sites (tertiary alicyclic amines) is 2. The summed E-state index contributed by atoms with van der Waals surface area (Å²) in [5.41, 5.74) is 2.14. The molecule has 0 spiro atoms. The van der Waals surface area contributed by atoms with Gasteiger partial charge in [0.25, 0.3) is 5.56 Å². The Hall–Kier alpha value is -3.09. The number of ether oxygens (including phenoxy) is 1. The lowest BCUT2D eigenvalue weighted by Gasteiger charge is -2.43. The molecule has 1 aromatic heterocycles. The Kier molecular flexibility index (Phi) is 5.49. The summed E-state index contributed by atoms with van der Waals surface area (Å²) in [6.07, 6.45) is 2.00. The number of pyridine rings is 1. The third-order valence-electron chi connectivity index (χ3n) is 7.20. The van der Waals surface area contributed by atoms with Gasteiger partial charge in [0.2, 0.25) is 11.8 Å². The van der Waals surface area contributed by atoms with Gasteiger partial charge < -0.3 is 19.1 Å². The fourth-order valence-electron chi connectivity index (χ4n) is 5.65. The molecule has 32 heavy (non-hydrogen) atoms. The molecule has 0 saturated carbocycles. The van der Waals surface area contributed by atoms with Gasteiger partial charge >= 0.3 is 0 Å². The van der Waals surface area contributed by atoms with Crippen LogP contribution in [0, 0.1) is 11.8 Å². The highest BCUT2D eigenvalue weighted by Gasteiger charge is 2.41. The molecular weight excluding hydrogens is 406 g/mol. The highest BCUT2D eigenvalue weighted by molar-refractivity contribution is 5.89. The number of carbonyl (C=O) groups is 2. The van der Waals surface area contributed by atoms with Crippen LogP contribution in [0.15, 0.2) is 47.3 Å². The van der Waals surface area contributed by atoms with Crippen LogP contribution in [0.3, 0.4) is 0 Å². The fraction of sp³-hybridized carbons (Fsp3) is 0.480. The normalized spacial score (nSPS) is 24.4. The molecule has 2 amide bonds. The van der Waals surface area contributed by atoms with Crippen molar-refractivity contribution in [3.63, 3.8) is 0 Å². The monoisotopic (exact) mass is 435 g/mol. The summed E-state index contributed by atoms with van der Waals surface area (Å²) in [6, 6.07) is 13.3. The average Bonchev–Trinajstić information content (AvgIpc) is 3.18. The Morgan fingerprint density at radius 3 is 2.72 bits per heavy atom. The molecule has 3 atom stereocenters. The van der Waals surface area contributed by atoms with Gasteiger partial charge in [-0.3, -0.25) is 14.4 Å². The van der Waals surface area contributed by atoms with Crippen molar-refractivity contribution in [1.29, 1.82) is 0 Å². The Balaban J connectivity index is 1.23. The van der Waals surface area contributed by atoms with Crippen LogP contribution in [0.4, 0.5) is 0 Å². The maximum absolute atomic E-state index is 13.3. The summed E-state index contributed by atoms with van der Waals surface area (Å²) in [7, 11) is 1.65. The molecule has 7 nitrogen and oxygen atoms in total. The van der Waals surface area contributed by atoms with Gasteiger partial charge in [0.15, 0.2) is 0 Å². The molecule has 2 saturated heterocycles. The predicted octanol–water partition coefficient (Wildman–Crippen LogP) is 1.89. The molecule has 168 valence electrons. The molecule has 5 rings (SSSR count). The van der Waals surface area contributed by atoms with Crippen LogP contribution in [-0.2, 0) is 22.6 Å². The van der Waals surface area contributed by atoms with Crippen LogP contribution in [0.5, 0.6) is 5.75 Å². The number of piperidine rings is 1. The zero-order chi connectivity index (χ0) is 22.2. The second kappa shape index (κ2) is 8.45. The van der Waals surface area contributed by atoms with E-state index in [0.717, 1.165) is 23.4 Å². The van der Waals surface area contributed by atoms with E-state index in [1.807, 2.05) is 50.8 Å². The van der Waals surface area contributed by atoms with E-state index in [4.69, 9.17) is 4.74 Å². The Morgan fingerprint density at radius 1 is 1.03 bits per heavy atom. The molecule has 0 aliphatic carbocycles. The van der Waals surface area contributed by atoms with Crippen molar-refractivity contribution >= 4 is 11.8 Å². The zero-order valence-electron chi connectivity index (χ0n) is 18.4. The molecule has 1 aromatic carbocycles. The summed E-state index contributed by atoms with van der Waals surface area (Å²) in [6.45, 7) is 3.04. The van der Waals surface area contributed by atoms with Crippen molar-refractivity contribution in [3.8, 4) is 5.75 Å². The lowest BCUT2D eigenvalue weighted by Crippen LogP contribution is -2.50. The number of fused-ring (bicyclic) bond motifs is 4. The van der Waals surface area contributed by atoms with Gasteiger partial charge in [-0.1, -0.05) is 24.3 Å². The predicted molar refractivity (Wildman–Crippen MR) is 120 cm³/mol. The number of rotatable bonds is 5. The first-order chi connectivity index (χ1) is 15.5. The van der Waals surface area contributed by atoms with E-state index in [1.165, 1.54) is 0 Å². The van der Waals surface area contributed by atoms with Crippen molar-refractivity contribution in [2.45, 2.75) is 31.7 Å². The van der Waals surface area contributed by atoms with Crippen LogP contribution in [-0.4, -0.2) is 59.5 Å². The molecule has 3 aliphatic rings. The minimum atomic E-state index is -0.281. The van der Waals surface area contributed by atoms with Crippen LogP contribution < -0.4 is 10.3 Å². The average molecular weight is 436 g/mol. The summed E-state index contributed by atoms with van der Waals surface area (Å²) in [5.74, 6) is 1.16. The zero-order valence-corrected chi connectivity index (χ0v) is 18.4. The van der Waals surface area contributed by atoms with E-state index in [0.29, 0.717) is 45.1 Å². The van der Waals surface area contributed by atoms with Gasteiger partial charge in [-0.2, -0.15) is 0 Å². The minimum absolute atomic E-state index is 0.0454. The molecule has 7 heteroatoms. The first kappa shape index (κ1) is 20.8. The first-order valence-corrected chi connectivity index (χ1v) is 11.4. The number of carbonyl (C=O) groups excluding carboxylic acids is 2. The van der Waals surface area contributed by atoms with Crippen LogP contribution in [0.1, 0.15) is 30.0 Å². The standard InChI is InChI=1S/C25H29N3O4/c1-32-22-7-3-2-5-18(22)9-10-26-16-20(12-24(26)30)25(31)27-13-17-11-19(15-27)21-6-4-8-23(29)28(21)14-17/h2-8,17,19-20H,9-16H2,1H3/t17-,19+,20+/m0/s1. The number of benzene rings is 1. The molecule has 0 N–H and O–H groups in total. The summed E-state index contributed by atoms with van der Waals surface area (Å²) >= 11 is 0. The van der Waals surface area contributed by atoms with Gasteiger partial charge in [-0.15, -0.1) is 0 Å². The Morgan fingerprint density at radius 2 is 1.88 bits per heavy atom. The van der Waals surface area contributed by atoms with E-state index in [2.05, 4.69) is 0 Å². The number of methoxy groups -OCH3 is 1. The largest absolute Gasteiger partial charge is 0.496 e. The van der Waals surface area contributed by atoms with Crippen molar-refractivity contribution in [1.82, 2.24) is 14.4 Å². The highest BCUT2D eigenvalue weighted by Crippen LogP contribution is 2.36. The molecule has 4 heterocycles. The molecule has 2 aromatic rings. The first-order valence-electron chi connectivity index (χ1n) is 11.4. The van der Waals surface area contributed by atoms with E-state index in [-0.39, 0.29) is 35.6 Å². The van der Waals surface area contributed by atoms with Crippen molar-refractivity contribution in [2.75, 3.05) is 33.3 Å². The quantitative estimate of drug-likeness (QED) is 0.719. The summed E-state index contributed by atoms with van der Waals surface area (Å²) in [5, 5.41) is 0. The van der Waals surface area contributed by atoms with Gasteiger partial charge in [-0.25, -0.2) is 0 Å². The second-order valence-electron chi connectivity index (χ2n) is 9.24. The maximum Gasteiger partial charge on any atom is 0.250 e. The third kappa shape index (κ3) is 3.80. The minimum Gasteiger partial charge on any atom is -0.496 e. The van der Waals surface area contributed by atoms with Crippen LogP contribution in [0.25, 0.3) is 0 Å². The van der Waals surface area contributed by atoms with Gasteiger partial charge in [0, 0.05) is 56.8 Å². The number of para-hydroxylation sites is 1. The van der Waals surface area contributed by atoms with Crippen LogP contribution >= 0.6 is 0 Å². The molecule has 2 fully saturated rings. The lowest BCUT2D eigenvalue weighted by atomic mass is 9.82. The van der Waals surface area contributed by atoms with Crippen molar-refractivity contribution in [2.24, 2.45) is 11.8 Å². The molecule has 2 bridgehead atoms. The smallest absolute Gasteiger partial charge is 0.250 e. The summed E-state index contributed by atoms with van der Waals surface area (Å²) < 4.78 is 7.28. The number of nitrogens with zero attached hydrogens (tertiary/aromatic N) is 3. The fourth-order valence-corrected chi connectivity index (χ4v) is 5.65. The molecule has 0 unspecified atom stereocenters. The van der Waals surface area contributed by atoms with E-state index in [9.17, 15) is 14.4 Å². The van der Waals surface area contributed by atoms with Crippen molar-refractivity contribution in [3.05, 3.63) is 64.1 Å².